The van der Waals surface area contributed by atoms with Crippen LogP contribution in [0.15, 0.2) is 228 Å². The average Bonchev–Trinajstić information content (AvgIpc) is 3.34. The van der Waals surface area contributed by atoms with Crippen LogP contribution in [-0.2, 0) is 34.2 Å². The number of carboxylic acid groups (broad SMARTS) is 1. The zero-order valence-corrected chi connectivity index (χ0v) is 41.4. The molecule has 0 bridgehead atoms. The van der Waals surface area contributed by atoms with E-state index in [9.17, 15) is 10.2 Å². The normalized spacial score (nSPS) is 11.1. The summed E-state index contributed by atoms with van der Waals surface area (Å²) in [5.74, 6) is -0.451. The fraction of sp³-hybridized carbons (Fsp3) is 0.0893. The molecule has 0 spiro atoms. The van der Waals surface area contributed by atoms with Gasteiger partial charge in [0.2, 0.25) is 0 Å². The molecule has 0 fully saturated rings. The van der Waals surface area contributed by atoms with Crippen LogP contribution >= 0.6 is 14.5 Å². The monoisotopic (exact) mass is 1000 g/mol. The van der Waals surface area contributed by atoms with Gasteiger partial charge in [0.05, 0.1) is 25.4 Å². The molecular formula is C56H52Cl2MnN2O4P2. The van der Waals surface area contributed by atoms with E-state index in [4.69, 9.17) is 9.90 Å². The fourth-order valence-corrected chi connectivity index (χ4v) is 16.6. The van der Waals surface area contributed by atoms with Gasteiger partial charge >= 0.3 is 0 Å². The number of hydrogen-bond acceptors (Lipinski definition) is 5. The van der Waals surface area contributed by atoms with Crippen molar-refractivity contribution in [1.29, 1.82) is 0 Å². The van der Waals surface area contributed by atoms with Gasteiger partial charge in [-0.25, -0.2) is 0 Å². The summed E-state index contributed by atoms with van der Waals surface area (Å²) < 4.78 is 0. The van der Waals surface area contributed by atoms with E-state index in [2.05, 4.69) is 204 Å². The Morgan fingerprint density at radius 2 is 0.657 bits per heavy atom. The van der Waals surface area contributed by atoms with Gasteiger partial charge in [-0.05, 0) is 108 Å². The summed E-state index contributed by atoms with van der Waals surface area (Å²) in [6.07, 6.45) is 5.09. The first-order valence-electron chi connectivity index (χ1n) is 21.2. The smallest absolute Gasteiger partial charge is 0.300 e. The third-order valence-electron chi connectivity index (χ3n) is 11.0. The number of aliphatic carboxylic acids is 1. The second kappa shape index (κ2) is 26.5. The van der Waals surface area contributed by atoms with Crippen LogP contribution < -0.4 is 56.6 Å². The van der Waals surface area contributed by atoms with E-state index in [1.54, 1.807) is 24.6 Å². The Bertz CT molecular complexity index is 2410. The molecule has 0 aromatic heterocycles. The molecule has 0 aliphatic heterocycles. The van der Waals surface area contributed by atoms with Crippen LogP contribution in [0.1, 0.15) is 29.2 Å². The molecule has 8 aromatic rings. The topological polar surface area (TPSA) is 102 Å². The van der Waals surface area contributed by atoms with Crippen LogP contribution in [0, 0.1) is 0 Å². The van der Waals surface area contributed by atoms with Crippen LogP contribution in [0.5, 0.6) is 11.5 Å². The number of aliphatic imine (C=N–C) groups is 2. The zero-order chi connectivity index (χ0) is 44.6. The number of benzene rings is 8. The molecule has 6 nitrogen and oxygen atoms in total. The van der Waals surface area contributed by atoms with E-state index in [0.29, 0.717) is 24.2 Å². The summed E-state index contributed by atoms with van der Waals surface area (Å²) >= 11 is 0. The van der Waals surface area contributed by atoms with Crippen LogP contribution in [-0.4, -0.2) is 46.8 Å². The maximum absolute atomic E-state index is 11.0. The van der Waals surface area contributed by atoms with E-state index >= 15 is 0 Å². The first-order valence-corrected chi connectivity index (χ1v) is 25.2. The van der Waals surface area contributed by atoms with E-state index < -0.39 is 20.5 Å². The molecule has 0 heterocycles. The van der Waals surface area contributed by atoms with Crippen molar-refractivity contribution in [3.05, 3.63) is 241 Å². The largest absolute Gasteiger partial charge is 1.00 e. The fourth-order valence-electron chi connectivity index (χ4n) is 8.14. The van der Waals surface area contributed by atoms with Crippen LogP contribution in [0.3, 0.4) is 0 Å². The molecular weight excluding hydrogens is 952 g/mol. The molecule has 11 heteroatoms. The number of aromatic hydroxyl groups is 2. The van der Waals surface area contributed by atoms with Gasteiger partial charge in [-0.15, -0.1) is 0 Å². The maximum atomic E-state index is 11.0. The van der Waals surface area contributed by atoms with E-state index in [1.165, 1.54) is 31.8 Å². The van der Waals surface area contributed by atoms with Gasteiger partial charge in [0.1, 0.15) is 57.9 Å². The van der Waals surface area contributed by atoms with Gasteiger partial charge in [-0.3, -0.25) is 14.8 Å². The first-order chi connectivity index (χ1) is 31.3. The molecule has 3 N–H and O–H groups in total. The molecule has 0 saturated heterocycles. The van der Waals surface area contributed by atoms with Crippen molar-refractivity contribution in [2.45, 2.75) is 19.2 Å². The average molecular weight is 1000 g/mol. The number of carboxylic acids is 1. The van der Waals surface area contributed by atoms with Crippen molar-refractivity contribution in [1.82, 2.24) is 0 Å². The summed E-state index contributed by atoms with van der Waals surface area (Å²) in [4.78, 5) is 18.4. The third kappa shape index (κ3) is 13.4. The zero-order valence-electron chi connectivity index (χ0n) is 36.9. The van der Waals surface area contributed by atoms with Gasteiger partial charge in [-0.1, -0.05) is 121 Å². The number of halogens is 2. The number of phenols is 2. The van der Waals surface area contributed by atoms with Crippen molar-refractivity contribution in [3.63, 3.8) is 0 Å². The molecule has 8 rings (SSSR count). The number of rotatable bonds is 15. The number of phenolic OH excluding ortho intramolecular Hbond substituents is 2. The molecule has 0 aliphatic carbocycles. The van der Waals surface area contributed by atoms with Gasteiger partial charge in [0.25, 0.3) is 5.97 Å². The molecule has 0 amide bonds. The SMILES string of the molecule is CC(=O)O.Oc1ccc(C[P+](c2ccccc2)(c2ccccc2)c2ccccc2)cc1C=NCCN=Cc1cc(C[P+](c2ccccc2)(c2ccccc2)c2ccccc2)ccc1O.[Cl-].[Cl-].[Mn]. The summed E-state index contributed by atoms with van der Waals surface area (Å²) in [7, 11) is -4.22. The minimum atomic E-state index is -2.11. The summed E-state index contributed by atoms with van der Waals surface area (Å²) in [5, 5.41) is 37.2. The third-order valence-corrected chi connectivity index (χ3v) is 19.8. The molecule has 0 atom stereocenters. The Labute approximate surface area is 418 Å². The number of carbonyl (C=O) groups is 1. The molecule has 67 heavy (non-hydrogen) atoms. The van der Waals surface area contributed by atoms with Gasteiger partial charge in [0, 0.05) is 47.5 Å². The Hall–Kier alpha value is -5.87. The quantitative estimate of drug-likeness (QED) is 0.0632. The van der Waals surface area contributed by atoms with Gasteiger partial charge < -0.3 is 40.1 Å². The van der Waals surface area contributed by atoms with E-state index in [0.717, 1.165) is 30.4 Å². The standard InChI is InChI=1S/C54H46N2O2P2.C2H4O2.2ClH.Mn/c57-53-33-31-43(41-59(47-19-7-1-8-20-47,48-21-9-2-10-22-48)49-23-11-3-12-24-49)37-45(53)39-55-35-36-56-40-46-38-44(32-34-54(46)58)42-60(50-25-13-4-14-26-50,51-27-15-5-16-28-51)52-29-17-6-18-30-52;1-2(3)4;;;/h1-34,37-40H,35-36,41-42H2;1H3,(H,3,4);2*1H;. The number of nitrogens with zero attached hydrogens (tertiary/aromatic N) is 2. The van der Waals surface area contributed by atoms with Crippen molar-refractivity contribution < 1.29 is 62.0 Å². The van der Waals surface area contributed by atoms with E-state index in [1.807, 2.05) is 12.1 Å². The molecule has 341 valence electrons. The van der Waals surface area contributed by atoms with Gasteiger partial charge in [-0.2, -0.15) is 0 Å². The van der Waals surface area contributed by atoms with Crippen LogP contribution in [0.4, 0.5) is 0 Å². The van der Waals surface area contributed by atoms with Crippen molar-refractivity contribution in [2.75, 3.05) is 13.1 Å². The molecule has 0 saturated carbocycles. The molecule has 0 aliphatic rings. The minimum Gasteiger partial charge on any atom is -1.00 e. The molecule has 0 unspecified atom stereocenters. The maximum Gasteiger partial charge on any atom is 0.300 e. The molecule has 1 radical (unpaired) electrons. The first kappa shape index (κ1) is 53.7. The summed E-state index contributed by atoms with van der Waals surface area (Å²) in [5.41, 5.74) is 3.61. The van der Waals surface area contributed by atoms with Crippen LogP contribution in [0.2, 0.25) is 0 Å². The predicted molar refractivity (Wildman–Crippen MR) is 272 cm³/mol. The molecule has 8 aromatic carbocycles. The Balaban J connectivity index is 0.00000135. The minimum absolute atomic E-state index is 0. The Morgan fingerprint density at radius 3 is 0.881 bits per heavy atom. The van der Waals surface area contributed by atoms with E-state index in [-0.39, 0.29) is 53.4 Å². The predicted octanol–water partition coefficient (Wildman–Crippen LogP) is 3.72. The van der Waals surface area contributed by atoms with Crippen molar-refractivity contribution in [3.8, 4) is 11.5 Å². The second-order valence-electron chi connectivity index (χ2n) is 15.3. The second-order valence-corrected chi connectivity index (χ2v) is 22.3. The summed E-state index contributed by atoms with van der Waals surface area (Å²) in [6, 6.07) is 76.7. The van der Waals surface area contributed by atoms with Crippen LogP contribution in [0.25, 0.3) is 0 Å². The van der Waals surface area contributed by atoms with Crippen molar-refractivity contribution >= 4 is 64.8 Å². The summed E-state index contributed by atoms with van der Waals surface area (Å²) in [6.45, 7) is 1.94. The Kier molecular flexibility index (Phi) is 21.2. The van der Waals surface area contributed by atoms with Crippen molar-refractivity contribution in [2.24, 2.45) is 9.98 Å². The Morgan fingerprint density at radius 1 is 0.433 bits per heavy atom. The number of hydrogen-bond donors (Lipinski definition) is 3. The van der Waals surface area contributed by atoms with Gasteiger partial charge in [0.15, 0.2) is 0 Å².